The maximum absolute atomic E-state index is 11.7. The smallest absolute Gasteiger partial charge is 0.250 e. The molecule has 2 aliphatic rings. The van der Waals surface area contributed by atoms with Crippen molar-refractivity contribution in [3.8, 4) is 0 Å². The predicted octanol–water partition coefficient (Wildman–Crippen LogP) is 0.925. The molecule has 0 saturated carbocycles. The summed E-state index contributed by atoms with van der Waals surface area (Å²) in [6.07, 6.45) is 1.71. The molecule has 5 nitrogen and oxygen atoms in total. The lowest BCUT2D eigenvalue weighted by atomic mass is 10.2. The van der Waals surface area contributed by atoms with Crippen LogP contribution in [0.15, 0.2) is 17.6 Å². The van der Waals surface area contributed by atoms with E-state index in [1.165, 1.54) is 11.8 Å². The number of amidine groups is 1. The van der Waals surface area contributed by atoms with Crippen LogP contribution in [0.5, 0.6) is 0 Å². The third-order valence-corrected chi connectivity index (χ3v) is 6.45. The van der Waals surface area contributed by atoms with Gasteiger partial charge < -0.3 is 4.90 Å². The van der Waals surface area contributed by atoms with E-state index in [-0.39, 0.29) is 34.6 Å². The highest BCUT2D eigenvalue weighted by atomic mass is 32.2. The zero-order valence-electron chi connectivity index (χ0n) is 11.1. The fourth-order valence-corrected chi connectivity index (χ4v) is 6.18. The first-order valence-corrected chi connectivity index (χ1v) is 8.91. The number of carbonyl (C=O) groups excluding carboxylic acids is 1. The Hall–Kier alpha value is -0.820. The molecule has 2 aliphatic heterocycles. The molecular weight excluding hydrogens is 284 g/mol. The molecular formula is C12H18N2O3S2. The lowest BCUT2D eigenvalue weighted by Gasteiger charge is -2.22. The van der Waals surface area contributed by atoms with Gasteiger partial charge in [0.15, 0.2) is 15.0 Å². The number of hydrogen-bond acceptors (Lipinski definition) is 4. The largest absolute Gasteiger partial charge is 0.342 e. The molecule has 1 amide bonds. The van der Waals surface area contributed by atoms with Crippen molar-refractivity contribution in [1.29, 1.82) is 0 Å². The highest BCUT2D eigenvalue weighted by Gasteiger charge is 2.48. The summed E-state index contributed by atoms with van der Waals surface area (Å²) in [7, 11) is -2.96. The van der Waals surface area contributed by atoms with E-state index in [1.807, 2.05) is 4.90 Å². The summed E-state index contributed by atoms with van der Waals surface area (Å²) in [5, 5.41) is 0.632. The molecule has 2 fully saturated rings. The second-order valence-corrected chi connectivity index (χ2v) is 8.49. The predicted molar refractivity (Wildman–Crippen MR) is 78.0 cm³/mol. The molecule has 0 radical (unpaired) electrons. The fourth-order valence-electron chi connectivity index (χ4n) is 2.21. The Labute approximate surface area is 118 Å². The lowest BCUT2D eigenvalue weighted by molar-refractivity contribution is -0.120. The van der Waals surface area contributed by atoms with Gasteiger partial charge in [0, 0.05) is 17.7 Å². The van der Waals surface area contributed by atoms with E-state index < -0.39 is 9.84 Å². The molecule has 2 rings (SSSR count). The summed E-state index contributed by atoms with van der Waals surface area (Å²) in [6, 6.07) is -0.0771. The Kier molecular flexibility index (Phi) is 4.06. The number of amides is 1. The van der Waals surface area contributed by atoms with Crippen LogP contribution < -0.4 is 0 Å². The maximum Gasteiger partial charge on any atom is 0.250 e. The van der Waals surface area contributed by atoms with E-state index in [9.17, 15) is 13.2 Å². The maximum atomic E-state index is 11.7. The van der Waals surface area contributed by atoms with Gasteiger partial charge in [-0.05, 0) is 0 Å². The van der Waals surface area contributed by atoms with E-state index in [0.29, 0.717) is 11.7 Å². The number of rotatable bonds is 3. The second kappa shape index (κ2) is 5.28. The molecule has 0 aromatic heterocycles. The van der Waals surface area contributed by atoms with Gasteiger partial charge in [-0.25, -0.2) is 8.42 Å². The first kappa shape index (κ1) is 14.6. The van der Waals surface area contributed by atoms with Gasteiger partial charge >= 0.3 is 0 Å². The van der Waals surface area contributed by atoms with E-state index in [2.05, 4.69) is 11.6 Å². The molecule has 0 aromatic rings. The topological polar surface area (TPSA) is 66.8 Å². The molecule has 0 bridgehead atoms. The minimum absolute atomic E-state index is 0.0105. The number of nitrogens with zero attached hydrogens (tertiary/aromatic N) is 2. The molecule has 2 heterocycles. The van der Waals surface area contributed by atoms with E-state index >= 15 is 0 Å². The molecule has 19 heavy (non-hydrogen) atoms. The second-order valence-electron chi connectivity index (χ2n) is 5.13. The van der Waals surface area contributed by atoms with E-state index in [1.54, 1.807) is 19.9 Å². The number of sulfone groups is 1. The number of fused-ring (bicyclic) bond motifs is 1. The Morgan fingerprint density at radius 3 is 2.84 bits per heavy atom. The van der Waals surface area contributed by atoms with Gasteiger partial charge in [0.25, 0.3) is 5.91 Å². The van der Waals surface area contributed by atoms with Crippen LogP contribution in [0.4, 0.5) is 0 Å². The van der Waals surface area contributed by atoms with Gasteiger partial charge in [-0.1, -0.05) is 31.7 Å². The standard InChI is InChI=1S/C12H18N2O3S2/c1-4-5-14-9-6-19(16,17)7-10(9)18-12(14)13-11(15)8(2)3/h4,8-10H,1,5-7H2,2-3H3/t9-,10+/m0/s1. The number of thioether (sulfide) groups is 1. The number of carbonyl (C=O) groups is 1. The molecule has 0 aromatic carbocycles. The van der Waals surface area contributed by atoms with Crippen molar-refractivity contribution in [3.05, 3.63) is 12.7 Å². The van der Waals surface area contributed by atoms with Crippen molar-refractivity contribution in [3.63, 3.8) is 0 Å². The molecule has 2 atom stereocenters. The molecule has 7 heteroatoms. The first-order valence-electron chi connectivity index (χ1n) is 6.21. The van der Waals surface area contributed by atoms with Crippen LogP contribution in [0, 0.1) is 5.92 Å². The fraction of sp³-hybridized carbons (Fsp3) is 0.667. The third-order valence-electron chi connectivity index (χ3n) is 3.20. The summed E-state index contributed by atoms with van der Waals surface area (Å²) in [5.41, 5.74) is 0. The Morgan fingerprint density at radius 1 is 1.58 bits per heavy atom. The number of hydrogen-bond donors (Lipinski definition) is 0. The molecule has 0 aliphatic carbocycles. The molecule has 0 N–H and O–H groups in total. The van der Waals surface area contributed by atoms with Crippen LogP contribution in [-0.2, 0) is 14.6 Å². The van der Waals surface area contributed by atoms with Crippen LogP contribution in [0.1, 0.15) is 13.8 Å². The highest BCUT2D eigenvalue weighted by molar-refractivity contribution is 8.15. The molecule has 2 saturated heterocycles. The molecule has 106 valence electrons. The minimum Gasteiger partial charge on any atom is -0.342 e. The van der Waals surface area contributed by atoms with Gasteiger partial charge in [0.1, 0.15) is 0 Å². The average molecular weight is 302 g/mol. The Bertz CT molecular complexity index is 525. The summed E-state index contributed by atoms with van der Waals surface area (Å²) in [4.78, 5) is 17.7. The average Bonchev–Trinajstić information content (AvgIpc) is 2.73. The van der Waals surface area contributed by atoms with Crippen LogP contribution in [0.25, 0.3) is 0 Å². The summed E-state index contributed by atoms with van der Waals surface area (Å²) in [5.74, 6) is 0.000355. The van der Waals surface area contributed by atoms with Crippen molar-refractivity contribution in [1.82, 2.24) is 4.90 Å². The highest BCUT2D eigenvalue weighted by Crippen LogP contribution is 2.38. The van der Waals surface area contributed by atoms with Gasteiger partial charge in [-0.2, -0.15) is 4.99 Å². The Morgan fingerprint density at radius 2 is 2.26 bits per heavy atom. The van der Waals surface area contributed by atoms with Gasteiger partial charge in [0.05, 0.1) is 17.5 Å². The van der Waals surface area contributed by atoms with Crippen molar-refractivity contribution < 1.29 is 13.2 Å². The van der Waals surface area contributed by atoms with E-state index in [4.69, 9.17) is 0 Å². The number of aliphatic imine (C=N–C) groups is 1. The molecule has 0 spiro atoms. The van der Waals surface area contributed by atoms with Crippen molar-refractivity contribution >= 4 is 32.7 Å². The summed E-state index contributed by atoms with van der Waals surface area (Å²) >= 11 is 1.41. The zero-order chi connectivity index (χ0) is 14.2. The first-order chi connectivity index (χ1) is 8.84. The van der Waals surface area contributed by atoms with Gasteiger partial charge in [0.2, 0.25) is 0 Å². The quantitative estimate of drug-likeness (QED) is 0.725. The SMILES string of the molecule is C=CCN1C(=NC(=O)C(C)C)S[C@@H]2CS(=O)(=O)C[C@@H]21. The van der Waals surface area contributed by atoms with Crippen LogP contribution in [-0.4, -0.2) is 53.7 Å². The van der Waals surface area contributed by atoms with Crippen molar-refractivity contribution in [2.75, 3.05) is 18.1 Å². The van der Waals surface area contributed by atoms with Crippen LogP contribution >= 0.6 is 11.8 Å². The van der Waals surface area contributed by atoms with Crippen molar-refractivity contribution in [2.45, 2.75) is 25.1 Å². The van der Waals surface area contributed by atoms with Gasteiger partial charge in [-0.3, -0.25) is 4.79 Å². The van der Waals surface area contributed by atoms with E-state index in [0.717, 1.165) is 0 Å². The molecule has 0 unspecified atom stereocenters. The van der Waals surface area contributed by atoms with Gasteiger partial charge in [-0.15, -0.1) is 6.58 Å². The van der Waals surface area contributed by atoms with Crippen LogP contribution in [0.3, 0.4) is 0 Å². The lowest BCUT2D eigenvalue weighted by Crippen LogP contribution is -2.37. The zero-order valence-corrected chi connectivity index (χ0v) is 12.7. The van der Waals surface area contributed by atoms with Crippen LogP contribution in [0.2, 0.25) is 0 Å². The summed E-state index contributed by atoms with van der Waals surface area (Å²) in [6.45, 7) is 7.81. The monoisotopic (exact) mass is 302 g/mol. The summed E-state index contributed by atoms with van der Waals surface area (Å²) < 4.78 is 23.3. The minimum atomic E-state index is -2.96. The third kappa shape index (κ3) is 3.02. The van der Waals surface area contributed by atoms with Crippen molar-refractivity contribution in [2.24, 2.45) is 10.9 Å². The Balaban J connectivity index is 2.24. The normalized spacial score (nSPS) is 30.9.